The summed E-state index contributed by atoms with van der Waals surface area (Å²) in [5.74, 6) is -1.07. The standard InChI is InChI=1S/C13H13ClN2O3/c1-8(7-15)19-13(18)9(2)16-12(17)10-3-5-11(14)6-4-10/h3-6,8-9H,1-2H3,(H,16,17)/t8-,9-/m0/s1. The maximum atomic E-state index is 11.8. The maximum Gasteiger partial charge on any atom is 0.329 e. The van der Waals surface area contributed by atoms with Crippen LogP contribution in [0, 0.1) is 11.3 Å². The molecule has 1 N–H and O–H groups in total. The number of hydrogen-bond donors (Lipinski definition) is 1. The first-order valence-corrected chi connectivity index (χ1v) is 5.98. The zero-order chi connectivity index (χ0) is 14.4. The highest BCUT2D eigenvalue weighted by Crippen LogP contribution is 2.09. The van der Waals surface area contributed by atoms with Crippen LogP contribution in [0.15, 0.2) is 24.3 Å². The van der Waals surface area contributed by atoms with Crippen LogP contribution in [0.5, 0.6) is 0 Å². The third-order valence-electron chi connectivity index (χ3n) is 2.28. The van der Waals surface area contributed by atoms with Gasteiger partial charge in [0.15, 0.2) is 6.10 Å². The van der Waals surface area contributed by atoms with Gasteiger partial charge in [0, 0.05) is 10.6 Å². The Bertz CT molecular complexity index is 508. The largest absolute Gasteiger partial charge is 0.446 e. The zero-order valence-corrected chi connectivity index (χ0v) is 11.3. The first kappa shape index (κ1) is 15.0. The van der Waals surface area contributed by atoms with E-state index in [4.69, 9.17) is 21.6 Å². The van der Waals surface area contributed by atoms with Gasteiger partial charge in [-0.3, -0.25) is 4.79 Å². The summed E-state index contributed by atoms with van der Waals surface area (Å²) in [4.78, 5) is 23.3. The van der Waals surface area contributed by atoms with Crippen molar-refractivity contribution in [2.24, 2.45) is 0 Å². The monoisotopic (exact) mass is 280 g/mol. The van der Waals surface area contributed by atoms with E-state index in [0.717, 1.165) is 0 Å². The van der Waals surface area contributed by atoms with Crippen molar-refractivity contribution >= 4 is 23.5 Å². The van der Waals surface area contributed by atoms with Crippen molar-refractivity contribution in [3.05, 3.63) is 34.9 Å². The number of amides is 1. The molecule has 0 saturated heterocycles. The molecule has 0 aliphatic rings. The van der Waals surface area contributed by atoms with Crippen LogP contribution in [0.1, 0.15) is 24.2 Å². The molecule has 1 amide bonds. The fourth-order valence-electron chi connectivity index (χ4n) is 1.24. The second-order valence-corrected chi connectivity index (χ2v) is 4.35. The Labute approximate surface area is 116 Å². The van der Waals surface area contributed by atoms with Crippen LogP contribution in [0.25, 0.3) is 0 Å². The molecule has 5 nitrogen and oxygen atoms in total. The predicted octanol–water partition coefficient (Wildman–Crippen LogP) is 1.91. The van der Waals surface area contributed by atoms with Gasteiger partial charge in [0.1, 0.15) is 12.1 Å². The third-order valence-corrected chi connectivity index (χ3v) is 2.53. The minimum absolute atomic E-state index is 0.386. The van der Waals surface area contributed by atoms with E-state index in [-0.39, 0.29) is 0 Å². The summed E-state index contributed by atoms with van der Waals surface area (Å²) >= 11 is 5.71. The van der Waals surface area contributed by atoms with Crippen molar-refractivity contribution in [2.75, 3.05) is 0 Å². The SMILES string of the molecule is C[C@H](NC(=O)c1ccc(Cl)cc1)C(=O)O[C@@H](C)C#N. The molecule has 100 valence electrons. The Hall–Kier alpha value is -2.06. The summed E-state index contributed by atoms with van der Waals surface area (Å²) in [7, 11) is 0. The topological polar surface area (TPSA) is 79.2 Å². The Kier molecular flexibility index (Phi) is 5.34. The van der Waals surface area contributed by atoms with E-state index in [0.29, 0.717) is 10.6 Å². The third kappa shape index (κ3) is 4.60. The summed E-state index contributed by atoms with van der Waals surface area (Å²) in [6, 6.07) is 7.20. The number of carbonyl (C=O) groups excluding carboxylic acids is 2. The van der Waals surface area contributed by atoms with Crippen LogP contribution in [-0.4, -0.2) is 24.0 Å². The van der Waals surface area contributed by atoms with Gasteiger partial charge < -0.3 is 10.1 Å². The van der Waals surface area contributed by atoms with Crippen LogP contribution >= 0.6 is 11.6 Å². The molecule has 6 heteroatoms. The fourth-order valence-corrected chi connectivity index (χ4v) is 1.37. The molecule has 0 fully saturated rings. The number of benzene rings is 1. The molecule has 2 atom stereocenters. The minimum atomic E-state index is -0.845. The molecule has 0 spiro atoms. The van der Waals surface area contributed by atoms with Crippen molar-refractivity contribution in [2.45, 2.75) is 26.0 Å². The van der Waals surface area contributed by atoms with Gasteiger partial charge in [0.2, 0.25) is 0 Å². The number of rotatable bonds is 4. The number of ether oxygens (including phenoxy) is 1. The molecule has 1 aromatic carbocycles. The van der Waals surface area contributed by atoms with Gasteiger partial charge in [-0.1, -0.05) is 11.6 Å². The average molecular weight is 281 g/mol. The summed E-state index contributed by atoms with van der Waals surface area (Å²) < 4.78 is 4.78. The lowest BCUT2D eigenvalue weighted by Gasteiger charge is -2.14. The number of hydrogen-bond acceptors (Lipinski definition) is 4. The Balaban J connectivity index is 2.59. The van der Waals surface area contributed by atoms with Gasteiger partial charge >= 0.3 is 5.97 Å². The van der Waals surface area contributed by atoms with E-state index in [1.165, 1.54) is 13.8 Å². The number of carbonyl (C=O) groups is 2. The van der Waals surface area contributed by atoms with E-state index in [2.05, 4.69) is 5.32 Å². The summed E-state index contributed by atoms with van der Waals surface area (Å²) in [6.07, 6.45) is -0.845. The second kappa shape index (κ2) is 6.76. The van der Waals surface area contributed by atoms with E-state index >= 15 is 0 Å². The molecule has 0 aliphatic heterocycles. The molecule has 0 saturated carbocycles. The second-order valence-electron chi connectivity index (χ2n) is 3.91. The highest BCUT2D eigenvalue weighted by molar-refractivity contribution is 6.30. The fraction of sp³-hybridized carbons (Fsp3) is 0.308. The lowest BCUT2D eigenvalue weighted by atomic mass is 10.2. The van der Waals surface area contributed by atoms with Gasteiger partial charge in [0.05, 0.1) is 0 Å². The molecular formula is C13H13ClN2O3. The summed E-state index contributed by atoms with van der Waals surface area (Å²) in [6.45, 7) is 2.94. The lowest BCUT2D eigenvalue weighted by Crippen LogP contribution is -2.40. The van der Waals surface area contributed by atoms with Crippen LogP contribution in [0.4, 0.5) is 0 Å². The highest BCUT2D eigenvalue weighted by atomic mass is 35.5. The molecule has 0 radical (unpaired) electrons. The molecule has 1 aromatic rings. The van der Waals surface area contributed by atoms with E-state index in [9.17, 15) is 9.59 Å². The van der Waals surface area contributed by atoms with Gasteiger partial charge in [-0.05, 0) is 38.1 Å². The molecule has 0 aliphatic carbocycles. The number of nitrogens with zero attached hydrogens (tertiary/aromatic N) is 1. The quantitative estimate of drug-likeness (QED) is 0.855. The Morgan fingerprint density at radius 2 is 1.89 bits per heavy atom. The maximum absolute atomic E-state index is 11.8. The molecule has 0 aromatic heterocycles. The molecule has 1 rings (SSSR count). The molecule has 19 heavy (non-hydrogen) atoms. The summed E-state index contributed by atoms with van der Waals surface area (Å²) in [5.41, 5.74) is 0.386. The van der Waals surface area contributed by atoms with Crippen molar-refractivity contribution < 1.29 is 14.3 Å². The average Bonchev–Trinajstić information content (AvgIpc) is 2.38. The zero-order valence-electron chi connectivity index (χ0n) is 10.5. The smallest absolute Gasteiger partial charge is 0.329 e. The molecular weight excluding hydrogens is 268 g/mol. The normalized spacial score (nSPS) is 12.9. The van der Waals surface area contributed by atoms with Crippen molar-refractivity contribution in [1.29, 1.82) is 5.26 Å². The van der Waals surface area contributed by atoms with Crippen molar-refractivity contribution in [3.63, 3.8) is 0 Å². The number of esters is 1. The molecule has 0 heterocycles. The van der Waals surface area contributed by atoms with Crippen molar-refractivity contribution in [1.82, 2.24) is 5.32 Å². The van der Waals surface area contributed by atoms with E-state index < -0.39 is 24.0 Å². The molecule has 0 unspecified atom stereocenters. The lowest BCUT2D eigenvalue weighted by molar-refractivity contribution is -0.147. The Morgan fingerprint density at radius 1 is 1.32 bits per heavy atom. The Morgan fingerprint density at radius 3 is 2.42 bits per heavy atom. The van der Waals surface area contributed by atoms with Gasteiger partial charge in [-0.2, -0.15) is 5.26 Å². The summed E-state index contributed by atoms with van der Waals surface area (Å²) in [5, 5.41) is 11.5. The minimum Gasteiger partial charge on any atom is -0.446 e. The van der Waals surface area contributed by atoms with E-state index in [1.807, 2.05) is 0 Å². The first-order valence-electron chi connectivity index (χ1n) is 5.60. The van der Waals surface area contributed by atoms with Gasteiger partial charge in [-0.25, -0.2) is 4.79 Å². The van der Waals surface area contributed by atoms with Gasteiger partial charge in [-0.15, -0.1) is 0 Å². The van der Waals surface area contributed by atoms with E-state index in [1.54, 1.807) is 30.3 Å². The predicted molar refractivity (Wildman–Crippen MR) is 69.5 cm³/mol. The molecule has 0 bridgehead atoms. The van der Waals surface area contributed by atoms with Crippen LogP contribution < -0.4 is 5.32 Å². The van der Waals surface area contributed by atoms with Crippen molar-refractivity contribution in [3.8, 4) is 6.07 Å². The van der Waals surface area contributed by atoms with Gasteiger partial charge in [0.25, 0.3) is 5.91 Å². The number of halogens is 1. The van der Waals surface area contributed by atoms with Crippen LogP contribution in [-0.2, 0) is 9.53 Å². The van der Waals surface area contributed by atoms with Crippen LogP contribution in [0.3, 0.4) is 0 Å². The highest BCUT2D eigenvalue weighted by Gasteiger charge is 2.19. The van der Waals surface area contributed by atoms with Crippen LogP contribution in [0.2, 0.25) is 5.02 Å². The number of nitriles is 1. The number of nitrogens with one attached hydrogen (secondary N) is 1. The first-order chi connectivity index (χ1) is 8.93.